The van der Waals surface area contributed by atoms with Gasteiger partial charge in [0.1, 0.15) is 0 Å². The van der Waals surface area contributed by atoms with E-state index in [1.807, 2.05) is 12.1 Å². The predicted octanol–water partition coefficient (Wildman–Crippen LogP) is 3.13. The zero-order valence-electron chi connectivity index (χ0n) is 13.0. The van der Waals surface area contributed by atoms with Crippen molar-refractivity contribution in [1.82, 2.24) is 5.32 Å². The first-order chi connectivity index (χ1) is 11.0. The molecule has 0 aliphatic carbocycles. The van der Waals surface area contributed by atoms with Crippen LogP contribution < -0.4 is 20.5 Å². The Labute approximate surface area is 144 Å². The van der Waals surface area contributed by atoms with Crippen LogP contribution in [0.15, 0.2) is 29.6 Å². The molecule has 0 spiro atoms. The molecule has 3 N–H and O–H groups in total. The van der Waals surface area contributed by atoms with Crippen LogP contribution in [0.2, 0.25) is 5.02 Å². The minimum Gasteiger partial charge on any atom is -0.493 e. The summed E-state index contributed by atoms with van der Waals surface area (Å²) in [5.41, 5.74) is 6.04. The summed E-state index contributed by atoms with van der Waals surface area (Å²) in [5, 5.41) is 5.87. The van der Waals surface area contributed by atoms with Crippen molar-refractivity contribution in [3.8, 4) is 11.5 Å². The van der Waals surface area contributed by atoms with Crippen molar-refractivity contribution in [2.75, 3.05) is 13.7 Å². The van der Waals surface area contributed by atoms with Crippen LogP contribution in [-0.2, 0) is 11.3 Å². The second-order valence-electron chi connectivity index (χ2n) is 4.98. The lowest BCUT2D eigenvalue weighted by Crippen LogP contribution is -2.20. The second-order valence-corrected chi connectivity index (χ2v) is 6.37. The second kappa shape index (κ2) is 8.19. The molecule has 0 saturated heterocycles. The summed E-state index contributed by atoms with van der Waals surface area (Å²) in [6.45, 7) is 2.49. The van der Waals surface area contributed by atoms with E-state index in [-0.39, 0.29) is 12.6 Å². The van der Waals surface area contributed by atoms with Gasteiger partial charge in [-0.05, 0) is 36.1 Å². The summed E-state index contributed by atoms with van der Waals surface area (Å²) < 4.78 is 10.6. The first kappa shape index (κ1) is 17.6. The van der Waals surface area contributed by atoms with Gasteiger partial charge in [-0.3, -0.25) is 4.79 Å². The summed E-state index contributed by atoms with van der Waals surface area (Å²) in [7, 11) is 1.52. The highest BCUT2D eigenvalue weighted by atomic mass is 35.5. The van der Waals surface area contributed by atoms with Crippen molar-refractivity contribution < 1.29 is 14.3 Å². The molecule has 0 aliphatic heterocycles. The number of rotatable bonds is 8. The molecule has 2 aromatic rings. The molecular weight excluding hydrogens is 336 g/mol. The molecule has 0 fully saturated rings. The van der Waals surface area contributed by atoms with Crippen LogP contribution in [0.4, 0.5) is 0 Å². The van der Waals surface area contributed by atoms with E-state index in [2.05, 4.69) is 23.7 Å². The van der Waals surface area contributed by atoms with Crippen molar-refractivity contribution in [3.05, 3.63) is 45.1 Å². The Bertz CT molecular complexity index is 662. The third-order valence-corrected chi connectivity index (χ3v) is 4.57. The first-order valence-electron chi connectivity index (χ1n) is 7.05. The van der Waals surface area contributed by atoms with Crippen LogP contribution in [0, 0.1) is 0 Å². The summed E-state index contributed by atoms with van der Waals surface area (Å²) in [4.78, 5) is 12.1. The first-order valence-corrected chi connectivity index (χ1v) is 8.31. The quantitative estimate of drug-likeness (QED) is 0.763. The minimum atomic E-state index is -0.571. The number of methoxy groups -OCH3 is 1. The van der Waals surface area contributed by atoms with Crippen LogP contribution in [0.3, 0.4) is 0 Å². The SMILES string of the molecule is COc1cc(CNC(C)c2cccs2)cc(Cl)c1OCC(N)=O. The maximum atomic E-state index is 10.8. The number of halogens is 1. The molecule has 7 heteroatoms. The lowest BCUT2D eigenvalue weighted by molar-refractivity contribution is -0.119. The molecule has 1 unspecified atom stereocenters. The smallest absolute Gasteiger partial charge is 0.255 e. The van der Waals surface area contributed by atoms with Gasteiger partial charge in [0.2, 0.25) is 0 Å². The highest BCUT2D eigenvalue weighted by Crippen LogP contribution is 2.36. The molecule has 1 aromatic carbocycles. The van der Waals surface area contributed by atoms with Crippen LogP contribution in [0.25, 0.3) is 0 Å². The topological polar surface area (TPSA) is 73.6 Å². The summed E-state index contributed by atoms with van der Waals surface area (Å²) >= 11 is 7.94. The van der Waals surface area contributed by atoms with Crippen molar-refractivity contribution in [3.63, 3.8) is 0 Å². The maximum Gasteiger partial charge on any atom is 0.255 e. The number of carbonyl (C=O) groups is 1. The van der Waals surface area contributed by atoms with Gasteiger partial charge < -0.3 is 20.5 Å². The molecule has 124 valence electrons. The van der Waals surface area contributed by atoms with Gasteiger partial charge in [-0.25, -0.2) is 0 Å². The number of hydrogen-bond donors (Lipinski definition) is 2. The standard InChI is InChI=1S/C16H19ClN2O3S/c1-10(14-4-3-5-23-14)19-8-11-6-12(17)16(13(7-11)21-2)22-9-15(18)20/h3-7,10,19H,8-9H2,1-2H3,(H2,18,20). The fourth-order valence-electron chi connectivity index (χ4n) is 2.07. The molecule has 23 heavy (non-hydrogen) atoms. The molecule has 5 nitrogen and oxygen atoms in total. The van der Waals surface area contributed by atoms with Crippen molar-refractivity contribution in [1.29, 1.82) is 0 Å². The summed E-state index contributed by atoms with van der Waals surface area (Å²) in [6.07, 6.45) is 0. The Hall–Kier alpha value is -1.76. The number of thiophene rings is 1. The molecule has 1 heterocycles. The number of benzene rings is 1. The van der Waals surface area contributed by atoms with Crippen LogP contribution in [-0.4, -0.2) is 19.6 Å². The Morgan fingerprint density at radius 1 is 1.48 bits per heavy atom. The monoisotopic (exact) mass is 354 g/mol. The van der Waals surface area contributed by atoms with Gasteiger partial charge in [-0.1, -0.05) is 17.7 Å². The fourth-order valence-corrected chi connectivity index (χ4v) is 3.11. The van der Waals surface area contributed by atoms with Crippen molar-refractivity contribution in [2.24, 2.45) is 5.73 Å². The van der Waals surface area contributed by atoms with Gasteiger partial charge in [0.25, 0.3) is 5.91 Å². The number of nitrogens with one attached hydrogen (secondary N) is 1. The lowest BCUT2D eigenvalue weighted by atomic mass is 10.1. The van der Waals surface area contributed by atoms with Crippen molar-refractivity contribution in [2.45, 2.75) is 19.5 Å². The zero-order valence-corrected chi connectivity index (χ0v) is 14.5. The van der Waals surface area contributed by atoms with Gasteiger partial charge in [0, 0.05) is 17.5 Å². The Kier molecular flexibility index (Phi) is 6.27. The number of carbonyl (C=O) groups excluding carboxylic acids is 1. The minimum absolute atomic E-state index is 0.241. The highest BCUT2D eigenvalue weighted by Gasteiger charge is 2.14. The number of hydrogen-bond acceptors (Lipinski definition) is 5. The Balaban J connectivity index is 2.08. The number of primary amides is 1. The molecule has 1 amide bonds. The van der Waals surface area contributed by atoms with E-state index < -0.39 is 5.91 Å². The molecule has 0 saturated carbocycles. The van der Waals surface area contributed by atoms with Crippen molar-refractivity contribution >= 4 is 28.8 Å². The molecule has 1 atom stereocenters. The predicted molar refractivity (Wildman–Crippen MR) is 92.3 cm³/mol. The van der Waals surface area contributed by atoms with Gasteiger partial charge >= 0.3 is 0 Å². The average molecular weight is 355 g/mol. The normalized spacial score (nSPS) is 12.0. The summed E-state index contributed by atoms with van der Waals surface area (Å²) in [6, 6.07) is 7.98. The van der Waals surface area contributed by atoms with E-state index >= 15 is 0 Å². The molecule has 0 radical (unpaired) electrons. The Morgan fingerprint density at radius 3 is 2.87 bits per heavy atom. The third kappa shape index (κ3) is 4.86. The van der Waals surface area contributed by atoms with E-state index in [4.69, 9.17) is 26.8 Å². The van der Waals surface area contributed by atoms with E-state index in [0.29, 0.717) is 23.1 Å². The van der Waals surface area contributed by atoms with Gasteiger partial charge in [-0.2, -0.15) is 0 Å². The molecule has 0 bridgehead atoms. The van der Waals surface area contributed by atoms with Crippen LogP contribution >= 0.6 is 22.9 Å². The zero-order chi connectivity index (χ0) is 16.8. The van der Waals surface area contributed by atoms with Crippen LogP contribution in [0.5, 0.6) is 11.5 Å². The van der Waals surface area contributed by atoms with Crippen LogP contribution in [0.1, 0.15) is 23.4 Å². The number of nitrogens with two attached hydrogens (primary N) is 1. The fraction of sp³-hybridized carbons (Fsp3) is 0.312. The largest absolute Gasteiger partial charge is 0.493 e. The number of ether oxygens (including phenoxy) is 2. The van der Waals surface area contributed by atoms with Gasteiger partial charge in [-0.15, -0.1) is 11.3 Å². The third-order valence-electron chi connectivity index (χ3n) is 3.23. The number of amides is 1. The van der Waals surface area contributed by atoms with E-state index in [9.17, 15) is 4.79 Å². The van der Waals surface area contributed by atoms with Gasteiger partial charge in [0.05, 0.1) is 12.1 Å². The maximum absolute atomic E-state index is 10.8. The van der Waals surface area contributed by atoms with E-state index in [1.54, 1.807) is 17.4 Å². The summed E-state index contributed by atoms with van der Waals surface area (Å²) in [5.74, 6) is 0.223. The average Bonchev–Trinajstić information content (AvgIpc) is 3.05. The molecule has 0 aliphatic rings. The molecule has 2 rings (SSSR count). The van der Waals surface area contributed by atoms with Gasteiger partial charge in [0.15, 0.2) is 18.1 Å². The molecule has 1 aromatic heterocycles. The Morgan fingerprint density at radius 2 is 2.26 bits per heavy atom. The van der Waals surface area contributed by atoms with E-state index in [0.717, 1.165) is 5.56 Å². The molecular formula is C16H19ClN2O3S. The van der Waals surface area contributed by atoms with E-state index in [1.165, 1.54) is 12.0 Å². The lowest BCUT2D eigenvalue weighted by Gasteiger charge is -2.15. The highest BCUT2D eigenvalue weighted by molar-refractivity contribution is 7.10.